The van der Waals surface area contributed by atoms with Crippen molar-refractivity contribution in [3.63, 3.8) is 0 Å². The molecular formula is C11H14N4O4S. The molecule has 108 valence electrons. The largest absolute Gasteiger partial charge is 0.480 e. The summed E-state index contributed by atoms with van der Waals surface area (Å²) >= 11 is 1.41. The summed E-state index contributed by atoms with van der Waals surface area (Å²) < 4.78 is 0. The fourth-order valence-electron chi connectivity index (χ4n) is 1.81. The van der Waals surface area contributed by atoms with Gasteiger partial charge in [-0.25, -0.2) is 14.6 Å². The average molecular weight is 298 g/mol. The Morgan fingerprint density at radius 3 is 3.00 bits per heavy atom. The third-order valence-electron chi connectivity index (χ3n) is 2.79. The van der Waals surface area contributed by atoms with Crippen LogP contribution >= 0.6 is 11.3 Å². The molecule has 9 heteroatoms. The molecule has 1 aliphatic heterocycles. The highest BCUT2D eigenvalue weighted by Gasteiger charge is 2.35. The normalized spacial score (nSPS) is 18.6. The SMILES string of the molecule is Cc1csc(CNC(=O)N2CC(=O)NCC2C(=O)O)n1. The zero-order valence-corrected chi connectivity index (χ0v) is 11.6. The van der Waals surface area contributed by atoms with Gasteiger partial charge in [-0.15, -0.1) is 11.3 Å². The zero-order valence-electron chi connectivity index (χ0n) is 10.8. The van der Waals surface area contributed by atoms with E-state index in [1.165, 1.54) is 11.3 Å². The van der Waals surface area contributed by atoms with Gasteiger partial charge in [0, 0.05) is 17.6 Å². The standard InChI is InChI=1S/C11H14N4O4S/c1-6-5-20-9(14-6)3-13-11(19)15-4-8(16)12-2-7(15)10(17)18/h5,7H,2-4H2,1H3,(H,12,16)(H,13,19)(H,17,18). The van der Waals surface area contributed by atoms with Crippen LogP contribution in [0.2, 0.25) is 0 Å². The van der Waals surface area contributed by atoms with Gasteiger partial charge in [0.25, 0.3) is 0 Å². The van der Waals surface area contributed by atoms with Crippen molar-refractivity contribution in [3.05, 3.63) is 16.1 Å². The van der Waals surface area contributed by atoms with Gasteiger partial charge < -0.3 is 15.7 Å². The Balaban J connectivity index is 1.98. The van der Waals surface area contributed by atoms with Crippen molar-refractivity contribution in [1.82, 2.24) is 20.5 Å². The number of hydrogen-bond acceptors (Lipinski definition) is 5. The fraction of sp³-hybridized carbons (Fsp3) is 0.455. The molecule has 2 rings (SSSR count). The molecule has 1 aromatic heterocycles. The van der Waals surface area contributed by atoms with Crippen molar-refractivity contribution < 1.29 is 19.5 Å². The Morgan fingerprint density at radius 2 is 2.40 bits per heavy atom. The lowest BCUT2D eigenvalue weighted by atomic mass is 10.2. The molecule has 0 aliphatic carbocycles. The average Bonchev–Trinajstić information content (AvgIpc) is 2.81. The van der Waals surface area contributed by atoms with E-state index in [0.717, 1.165) is 15.6 Å². The van der Waals surface area contributed by atoms with Crippen LogP contribution in [-0.2, 0) is 16.1 Å². The van der Waals surface area contributed by atoms with Crippen LogP contribution in [0, 0.1) is 6.92 Å². The summed E-state index contributed by atoms with van der Waals surface area (Å²) in [4.78, 5) is 39.5. The number of carboxylic acid groups (broad SMARTS) is 1. The predicted molar refractivity (Wildman–Crippen MR) is 70.2 cm³/mol. The number of urea groups is 1. The lowest BCUT2D eigenvalue weighted by Crippen LogP contribution is -2.61. The minimum Gasteiger partial charge on any atom is -0.480 e. The van der Waals surface area contributed by atoms with E-state index in [1.54, 1.807) is 0 Å². The molecule has 1 fully saturated rings. The summed E-state index contributed by atoms with van der Waals surface area (Å²) in [6.45, 7) is 1.71. The van der Waals surface area contributed by atoms with E-state index in [9.17, 15) is 14.4 Å². The van der Waals surface area contributed by atoms with Gasteiger partial charge >= 0.3 is 12.0 Å². The minimum atomic E-state index is -1.15. The Morgan fingerprint density at radius 1 is 1.65 bits per heavy atom. The first-order valence-corrected chi connectivity index (χ1v) is 6.80. The third-order valence-corrected chi connectivity index (χ3v) is 3.75. The lowest BCUT2D eigenvalue weighted by molar-refractivity contribution is -0.144. The quantitative estimate of drug-likeness (QED) is 0.699. The van der Waals surface area contributed by atoms with Crippen LogP contribution in [0.15, 0.2) is 5.38 Å². The van der Waals surface area contributed by atoms with E-state index >= 15 is 0 Å². The molecule has 3 N–H and O–H groups in total. The van der Waals surface area contributed by atoms with E-state index < -0.39 is 18.0 Å². The summed E-state index contributed by atoms with van der Waals surface area (Å²) in [5, 5.41) is 16.6. The number of rotatable bonds is 3. The van der Waals surface area contributed by atoms with Gasteiger partial charge in [-0.1, -0.05) is 0 Å². The van der Waals surface area contributed by atoms with Gasteiger partial charge in [0.2, 0.25) is 5.91 Å². The Bertz CT molecular complexity index is 544. The summed E-state index contributed by atoms with van der Waals surface area (Å²) in [6.07, 6.45) is 0. The summed E-state index contributed by atoms with van der Waals surface area (Å²) in [7, 11) is 0. The number of carbonyl (C=O) groups is 3. The van der Waals surface area contributed by atoms with Gasteiger partial charge in [0.05, 0.1) is 6.54 Å². The summed E-state index contributed by atoms with van der Waals surface area (Å²) in [5.41, 5.74) is 0.861. The number of thiazole rings is 1. The number of amides is 3. The van der Waals surface area contributed by atoms with Crippen LogP contribution in [-0.4, -0.2) is 52.0 Å². The second-order valence-corrected chi connectivity index (χ2v) is 5.27. The molecule has 0 radical (unpaired) electrons. The monoisotopic (exact) mass is 298 g/mol. The molecule has 0 spiro atoms. The van der Waals surface area contributed by atoms with Crippen LogP contribution in [0.25, 0.3) is 0 Å². The summed E-state index contributed by atoms with van der Waals surface area (Å²) in [6, 6.07) is -1.63. The van der Waals surface area contributed by atoms with Crippen LogP contribution < -0.4 is 10.6 Å². The van der Waals surface area contributed by atoms with Crippen LogP contribution in [0.3, 0.4) is 0 Å². The van der Waals surface area contributed by atoms with Crippen LogP contribution in [0.1, 0.15) is 10.7 Å². The molecule has 2 heterocycles. The van der Waals surface area contributed by atoms with E-state index in [0.29, 0.717) is 0 Å². The molecule has 8 nitrogen and oxygen atoms in total. The van der Waals surface area contributed by atoms with Crippen LogP contribution in [0.4, 0.5) is 4.79 Å². The minimum absolute atomic E-state index is 0.0854. The van der Waals surface area contributed by atoms with E-state index in [-0.39, 0.29) is 25.5 Å². The Kier molecular flexibility index (Phi) is 4.18. The highest BCUT2D eigenvalue weighted by Crippen LogP contribution is 2.09. The van der Waals surface area contributed by atoms with Crippen molar-refractivity contribution in [1.29, 1.82) is 0 Å². The molecule has 1 unspecified atom stereocenters. The molecule has 1 atom stereocenters. The van der Waals surface area contributed by atoms with Crippen molar-refractivity contribution >= 4 is 29.2 Å². The van der Waals surface area contributed by atoms with Gasteiger partial charge in [0.1, 0.15) is 17.6 Å². The molecule has 0 aromatic carbocycles. The summed E-state index contributed by atoms with van der Waals surface area (Å²) in [5.74, 6) is -1.52. The second kappa shape index (κ2) is 5.87. The van der Waals surface area contributed by atoms with E-state index in [1.807, 2.05) is 12.3 Å². The molecular weight excluding hydrogens is 284 g/mol. The van der Waals surface area contributed by atoms with Crippen LogP contribution in [0.5, 0.6) is 0 Å². The third kappa shape index (κ3) is 3.23. The number of carboxylic acids is 1. The molecule has 0 bridgehead atoms. The fourth-order valence-corrected chi connectivity index (χ4v) is 2.52. The molecule has 3 amide bonds. The van der Waals surface area contributed by atoms with Crippen molar-refractivity contribution in [2.45, 2.75) is 19.5 Å². The predicted octanol–water partition coefficient (Wildman–Crippen LogP) is -0.454. The van der Waals surface area contributed by atoms with Crippen molar-refractivity contribution in [2.24, 2.45) is 0 Å². The number of hydrogen-bond donors (Lipinski definition) is 3. The van der Waals surface area contributed by atoms with Gasteiger partial charge in [-0.2, -0.15) is 0 Å². The highest BCUT2D eigenvalue weighted by atomic mass is 32.1. The van der Waals surface area contributed by atoms with Crippen molar-refractivity contribution in [3.8, 4) is 0 Å². The number of nitrogens with one attached hydrogen (secondary N) is 2. The Labute approximate surface area is 118 Å². The maximum absolute atomic E-state index is 12.0. The molecule has 1 aromatic rings. The molecule has 20 heavy (non-hydrogen) atoms. The van der Waals surface area contributed by atoms with Crippen molar-refractivity contribution in [2.75, 3.05) is 13.1 Å². The smallest absolute Gasteiger partial charge is 0.328 e. The number of nitrogens with zero attached hydrogens (tertiary/aromatic N) is 2. The first-order chi connectivity index (χ1) is 9.47. The lowest BCUT2D eigenvalue weighted by Gasteiger charge is -2.32. The van der Waals surface area contributed by atoms with Gasteiger partial charge in [-0.3, -0.25) is 9.69 Å². The van der Waals surface area contributed by atoms with E-state index in [4.69, 9.17) is 5.11 Å². The molecule has 0 saturated carbocycles. The maximum Gasteiger partial charge on any atom is 0.328 e. The van der Waals surface area contributed by atoms with Gasteiger partial charge in [-0.05, 0) is 6.92 Å². The Hall–Kier alpha value is -2.16. The first-order valence-electron chi connectivity index (χ1n) is 5.92. The highest BCUT2D eigenvalue weighted by molar-refractivity contribution is 7.09. The second-order valence-electron chi connectivity index (χ2n) is 4.33. The number of aliphatic carboxylic acids is 1. The number of aryl methyl sites for hydroxylation is 1. The van der Waals surface area contributed by atoms with Gasteiger partial charge in [0.15, 0.2) is 0 Å². The number of aromatic nitrogens is 1. The van der Waals surface area contributed by atoms with E-state index in [2.05, 4.69) is 15.6 Å². The molecule has 1 aliphatic rings. The zero-order chi connectivity index (χ0) is 14.7. The first kappa shape index (κ1) is 14.3. The number of carbonyl (C=O) groups excluding carboxylic acids is 2. The topological polar surface area (TPSA) is 112 Å². The molecule has 1 saturated heterocycles. The number of piperazine rings is 1. The maximum atomic E-state index is 12.0.